The van der Waals surface area contributed by atoms with E-state index < -0.39 is 0 Å². The highest BCUT2D eigenvalue weighted by atomic mass is 16.5. The first-order valence-corrected chi connectivity index (χ1v) is 6.48. The summed E-state index contributed by atoms with van der Waals surface area (Å²) in [5.74, 6) is 0. The average molecular weight is 214 g/mol. The molecule has 0 atom stereocenters. The fourth-order valence-electron chi connectivity index (χ4n) is 1.88. The van der Waals surface area contributed by atoms with Crippen molar-refractivity contribution >= 4 is 0 Å². The monoisotopic (exact) mass is 214 g/mol. The fourth-order valence-corrected chi connectivity index (χ4v) is 1.88. The van der Waals surface area contributed by atoms with Gasteiger partial charge in [-0.05, 0) is 12.8 Å². The van der Waals surface area contributed by atoms with Crippen LogP contribution in [0.15, 0.2) is 0 Å². The van der Waals surface area contributed by atoms with Gasteiger partial charge in [-0.1, -0.05) is 39.5 Å². The Labute approximate surface area is 94.3 Å². The summed E-state index contributed by atoms with van der Waals surface area (Å²) in [6.45, 7) is 8.12. The van der Waals surface area contributed by atoms with Crippen LogP contribution in [0.25, 0.3) is 0 Å². The van der Waals surface area contributed by atoms with Crippen molar-refractivity contribution in [3.63, 3.8) is 0 Å². The molecule has 1 fully saturated rings. The maximum absolute atomic E-state index is 5.73. The van der Waals surface area contributed by atoms with Crippen molar-refractivity contribution in [1.82, 2.24) is 0 Å². The zero-order valence-electron chi connectivity index (χ0n) is 10.4. The molecule has 1 aliphatic heterocycles. The molecule has 0 aromatic carbocycles. The summed E-state index contributed by atoms with van der Waals surface area (Å²) in [6, 6.07) is 0. The first-order valence-electron chi connectivity index (χ1n) is 6.48. The van der Waals surface area contributed by atoms with Gasteiger partial charge in [0.2, 0.25) is 0 Å². The third-order valence-corrected chi connectivity index (χ3v) is 3.37. The molecular formula is C13H26O2. The van der Waals surface area contributed by atoms with Crippen molar-refractivity contribution < 1.29 is 9.47 Å². The molecule has 0 spiro atoms. The molecule has 2 heteroatoms. The second-order valence-corrected chi connectivity index (χ2v) is 4.81. The van der Waals surface area contributed by atoms with E-state index >= 15 is 0 Å². The molecule has 1 heterocycles. The van der Waals surface area contributed by atoms with Crippen LogP contribution >= 0.6 is 0 Å². The van der Waals surface area contributed by atoms with Gasteiger partial charge in [-0.3, -0.25) is 0 Å². The van der Waals surface area contributed by atoms with Gasteiger partial charge in [0, 0.05) is 12.0 Å². The predicted octanol–water partition coefficient (Wildman–Crippen LogP) is 3.40. The van der Waals surface area contributed by atoms with E-state index in [9.17, 15) is 0 Å². The number of hydrogen-bond acceptors (Lipinski definition) is 2. The topological polar surface area (TPSA) is 18.5 Å². The second kappa shape index (κ2) is 7.24. The quantitative estimate of drug-likeness (QED) is 0.548. The van der Waals surface area contributed by atoms with Crippen LogP contribution in [-0.4, -0.2) is 26.4 Å². The lowest BCUT2D eigenvalue weighted by atomic mass is 9.84. The highest BCUT2D eigenvalue weighted by Gasteiger charge is 2.36. The van der Waals surface area contributed by atoms with Crippen LogP contribution in [0.2, 0.25) is 0 Å². The lowest BCUT2D eigenvalue weighted by Crippen LogP contribution is -2.45. The van der Waals surface area contributed by atoms with E-state index in [4.69, 9.17) is 9.47 Å². The summed E-state index contributed by atoms with van der Waals surface area (Å²) in [5, 5.41) is 0. The Bertz CT molecular complexity index is 147. The minimum absolute atomic E-state index is 0.365. The van der Waals surface area contributed by atoms with Crippen molar-refractivity contribution in [2.24, 2.45) is 5.41 Å². The normalized spacial score (nSPS) is 18.8. The lowest BCUT2D eigenvalue weighted by Gasteiger charge is -2.40. The molecule has 0 bridgehead atoms. The SMILES string of the molecule is CCCCCCCOCC1(CC)COC1. The molecular weight excluding hydrogens is 188 g/mol. The first-order chi connectivity index (χ1) is 7.33. The van der Waals surface area contributed by atoms with Crippen molar-refractivity contribution in [3.8, 4) is 0 Å². The largest absolute Gasteiger partial charge is 0.381 e. The molecule has 0 amide bonds. The third kappa shape index (κ3) is 4.52. The van der Waals surface area contributed by atoms with Crippen LogP contribution in [0.3, 0.4) is 0 Å². The third-order valence-electron chi connectivity index (χ3n) is 3.37. The Morgan fingerprint density at radius 3 is 2.33 bits per heavy atom. The van der Waals surface area contributed by atoms with E-state index in [0.717, 1.165) is 26.4 Å². The summed E-state index contributed by atoms with van der Waals surface area (Å²) in [7, 11) is 0. The Balaban J connectivity index is 1.88. The van der Waals surface area contributed by atoms with Crippen LogP contribution in [0.4, 0.5) is 0 Å². The number of rotatable bonds is 9. The van der Waals surface area contributed by atoms with Gasteiger partial charge in [0.1, 0.15) is 0 Å². The van der Waals surface area contributed by atoms with E-state index in [1.54, 1.807) is 0 Å². The molecule has 2 nitrogen and oxygen atoms in total. The predicted molar refractivity (Wildman–Crippen MR) is 63.1 cm³/mol. The smallest absolute Gasteiger partial charge is 0.0566 e. The molecule has 0 aliphatic carbocycles. The Kier molecular flexibility index (Phi) is 6.26. The standard InChI is InChI=1S/C13H26O2/c1-3-5-6-7-8-9-14-10-13(4-2)11-15-12-13/h3-12H2,1-2H3. The summed E-state index contributed by atoms with van der Waals surface area (Å²) >= 11 is 0. The summed E-state index contributed by atoms with van der Waals surface area (Å²) in [4.78, 5) is 0. The highest BCUT2D eigenvalue weighted by molar-refractivity contribution is 4.83. The molecule has 1 aliphatic rings. The van der Waals surface area contributed by atoms with Gasteiger partial charge in [-0.15, -0.1) is 0 Å². The van der Waals surface area contributed by atoms with Gasteiger partial charge < -0.3 is 9.47 Å². The van der Waals surface area contributed by atoms with Crippen LogP contribution in [0.5, 0.6) is 0 Å². The fraction of sp³-hybridized carbons (Fsp3) is 1.00. The molecule has 0 aromatic heterocycles. The van der Waals surface area contributed by atoms with Gasteiger partial charge >= 0.3 is 0 Å². The van der Waals surface area contributed by atoms with Crippen LogP contribution in [0.1, 0.15) is 52.4 Å². The van der Waals surface area contributed by atoms with Crippen molar-refractivity contribution in [1.29, 1.82) is 0 Å². The van der Waals surface area contributed by atoms with Gasteiger partial charge in [-0.2, -0.15) is 0 Å². The highest BCUT2D eigenvalue weighted by Crippen LogP contribution is 2.31. The van der Waals surface area contributed by atoms with E-state index in [-0.39, 0.29) is 0 Å². The van der Waals surface area contributed by atoms with E-state index in [0.29, 0.717) is 5.41 Å². The molecule has 1 saturated heterocycles. The maximum atomic E-state index is 5.73. The summed E-state index contributed by atoms with van der Waals surface area (Å²) in [6.07, 6.45) is 7.78. The van der Waals surface area contributed by atoms with Crippen LogP contribution in [-0.2, 0) is 9.47 Å². The zero-order chi connectivity index (χ0) is 11.0. The molecule has 0 radical (unpaired) electrons. The van der Waals surface area contributed by atoms with Gasteiger partial charge in [-0.25, -0.2) is 0 Å². The molecule has 0 saturated carbocycles. The van der Waals surface area contributed by atoms with Gasteiger partial charge in [0.25, 0.3) is 0 Å². The van der Waals surface area contributed by atoms with Crippen LogP contribution in [0, 0.1) is 5.41 Å². The molecule has 0 aromatic rings. The zero-order valence-corrected chi connectivity index (χ0v) is 10.4. The molecule has 0 N–H and O–H groups in total. The summed E-state index contributed by atoms with van der Waals surface area (Å²) in [5.41, 5.74) is 0.365. The van der Waals surface area contributed by atoms with E-state index in [1.807, 2.05) is 0 Å². The molecule has 15 heavy (non-hydrogen) atoms. The maximum Gasteiger partial charge on any atom is 0.0566 e. The Morgan fingerprint density at radius 2 is 1.80 bits per heavy atom. The number of unbranched alkanes of at least 4 members (excludes halogenated alkanes) is 4. The Hall–Kier alpha value is -0.0800. The number of ether oxygens (including phenoxy) is 2. The van der Waals surface area contributed by atoms with Crippen molar-refractivity contribution in [2.45, 2.75) is 52.4 Å². The minimum atomic E-state index is 0.365. The number of hydrogen-bond donors (Lipinski definition) is 0. The average Bonchev–Trinajstić information content (AvgIpc) is 2.20. The Morgan fingerprint density at radius 1 is 1.07 bits per heavy atom. The van der Waals surface area contributed by atoms with Crippen LogP contribution < -0.4 is 0 Å². The summed E-state index contributed by atoms with van der Waals surface area (Å²) < 4.78 is 11.0. The second-order valence-electron chi connectivity index (χ2n) is 4.81. The van der Waals surface area contributed by atoms with E-state index in [2.05, 4.69) is 13.8 Å². The van der Waals surface area contributed by atoms with Crippen molar-refractivity contribution in [2.75, 3.05) is 26.4 Å². The molecule has 1 rings (SSSR count). The molecule has 90 valence electrons. The van der Waals surface area contributed by atoms with E-state index in [1.165, 1.54) is 38.5 Å². The van der Waals surface area contributed by atoms with Crippen molar-refractivity contribution in [3.05, 3.63) is 0 Å². The van der Waals surface area contributed by atoms with Gasteiger partial charge in [0.15, 0.2) is 0 Å². The minimum Gasteiger partial charge on any atom is -0.381 e. The first kappa shape index (κ1) is 13.0. The lowest BCUT2D eigenvalue weighted by molar-refractivity contribution is -0.150. The van der Waals surface area contributed by atoms with Gasteiger partial charge in [0.05, 0.1) is 19.8 Å². The molecule has 0 unspecified atom stereocenters.